The van der Waals surface area contributed by atoms with Crippen molar-refractivity contribution in [1.82, 2.24) is 30.3 Å². The van der Waals surface area contributed by atoms with Gasteiger partial charge in [0.25, 0.3) is 11.5 Å². The minimum atomic E-state index is -0.350. The number of carbonyl (C=O) groups excluding carboxylic acids is 1. The highest BCUT2D eigenvalue weighted by molar-refractivity contribution is 7.15. The molecule has 9 nitrogen and oxygen atoms in total. The zero-order chi connectivity index (χ0) is 20.4. The van der Waals surface area contributed by atoms with Gasteiger partial charge in [0.05, 0.1) is 28.4 Å². The molecule has 148 valence electrons. The van der Waals surface area contributed by atoms with Crippen LogP contribution in [0.2, 0.25) is 0 Å². The summed E-state index contributed by atoms with van der Waals surface area (Å²) >= 11 is 1.53. The van der Waals surface area contributed by atoms with Gasteiger partial charge in [-0.05, 0) is 32.0 Å². The average molecular weight is 410 g/mol. The zero-order valence-electron chi connectivity index (χ0n) is 15.8. The average Bonchev–Trinajstić information content (AvgIpc) is 3.43. The standard InChI is InChI=1S/C19H18N6O3S/c1-11-18(29-12(2)21-11)13-5-6-17(26)25(24-13)8-7-20-19(27)15-10-14(22-23-15)16-4-3-9-28-16/h3-6,9-10H,7-8H2,1-2H3,(H,20,27)(H,22,23). The summed E-state index contributed by atoms with van der Waals surface area (Å²) in [5.74, 6) is 0.245. The number of nitrogens with zero attached hydrogens (tertiary/aromatic N) is 4. The number of carbonyl (C=O) groups is 1. The number of aryl methyl sites for hydroxylation is 2. The smallest absolute Gasteiger partial charge is 0.271 e. The molecule has 0 radical (unpaired) electrons. The lowest BCUT2D eigenvalue weighted by Gasteiger charge is -2.07. The van der Waals surface area contributed by atoms with Gasteiger partial charge in [-0.1, -0.05) is 0 Å². The first-order valence-electron chi connectivity index (χ1n) is 8.91. The number of rotatable bonds is 6. The van der Waals surface area contributed by atoms with Gasteiger partial charge in [-0.3, -0.25) is 14.7 Å². The molecule has 2 N–H and O–H groups in total. The van der Waals surface area contributed by atoms with Crippen LogP contribution in [0.5, 0.6) is 0 Å². The highest BCUT2D eigenvalue weighted by Gasteiger charge is 2.13. The zero-order valence-corrected chi connectivity index (χ0v) is 16.6. The van der Waals surface area contributed by atoms with E-state index in [1.165, 1.54) is 22.1 Å². The number of aromatic nitrogens is 5. The molecule has 0 saturated carbocycles. The van der Waals surface area contributed by atoms with E-state index in [2.05, 4.69) is 25.6 Å². The van der Waals surface area contributed by atoms with E-state index in [-0.39, 0.29) is 30.2 Å². The quantitative estimate of drug-likeness (QED) is 0.504. The molecule has 0 spiro atoms. The van der Waals surface area contributed by atoms with E-state index < -0.39 is 0 Å². The molecule has 4 aromatic heterocycles. The molecule has 0 aliphatic carbocycles. The maximum absolute atomic E-state index is 12.3. The van der Waals surface area contributed by atoms with E-state index in [1.807, 2.05) is 13.8 Å². The summed E-state index contributed by atoms with van der Waals surface area (Å²) in [6.45, 7) is 4.32. The Labute approximate surface area is 169 Å². The van der Waals surface area contributed by atoms with Crippen LogP contribution >= 0.6 is 11.3 Å². The highest BCUT2D eigenvalue weighted by atomic mass is 32.1. The number of amides is 1. The second-order valence-corrected chi connectivity index (χ2v) is 7.53. The molecule has 4 heterocycles. The third-order valence-corrected chi connectivity index (χ3v) is 5.30. The first-order chi connectivity index (χ1) is 14.0. The third kappa shape index (κ3) is 4.02. The molecule has 10 heteroatoms. The minimum Gasteiger partial charge on any atom is -0.463 e. The molecular formula is C19H18N6O3S. The minimum absolute atomic E-state index is 0.234. The SMILES string of the molecule is Cc1nc(C)c(-c2ccc(=O)n(CCNC(=O)c3cc(-c4ccco4)[nH]n3)n2)s1. The summed E-state index contributed by atoms with van der Waals surface area (Å²) in [4.78, 5) is 29.8. The van der Waals surface area contributed by atoms with Crippen molar-refractivity contribution in [3.63, 3.8) is 0 Å². The van der Waals surface area contributed by atoms with Gasteiger partial charge in [0.2, 0.25) is 0 Å². The second-order valence-electron chi connectivity index (χ2n) is 6.33. The number of hydrogen-bond donors (Lipinski definition) is 2. The van der Waals surface area contributed by atoms with Crippen LogP contribution < -0.4 is 10.9 Å². The van der Waals surface area contributed by atoms with E-state index in [0.29, 0.717) is 17.1 Å². The molecule has 4 rings (SSSR count). The maximum Gasteiger partial charge on any atom is 0.271 e. The number of thiazole rings is 1. The van der Waals surface area contributed by atoms with E-state index in [0.717, 1.165) is 15.6 Å². The molecule has 1 amide bonds. The summed E-state index contributed by atoms with van der Waals surface area (Å²) < 4.78 is 6.61. The molecule has 0 fully saturated rings. The Morgan fingerprint density at radius 2 is 2.17 bits per heavy atom. The number of furan rings is 1. The van der Waals surface area contributed by atoms with Gasteiger partial charge in [-0.15, -0.1) is 11.3 Å². The Morgan fingerprint density at radius 1 is 1.31 bits per heavy atom. The van der Waals surface area contributed by atoms with Crippen LogP contribution in [0, 0.1) is 13.8 Å². The molecular weight excluding hydrogens is 392 g/mol. The van der Waals surface area contributed by atoms with Crippen LogP contribution in [0.4, 0.5) is 0 Å². The highest BCUT2D eigenvalue weighted by Crippen LogP contribution is 2.27. The van der Waals surface area contributed by atoms with E-state index in [9.17, 15) is 9.59 Å². The molecule has 0 aliphatic heterocycles. The molecule has 0 atom stereocenters. The van der Waals surface area contributed by atoms with Crippen LogP contribution in [0.15, 0.2) is 45.8 Å². The van der Waals surface area contributed by atoms with Gasteiger partial charge < -0.3 is 9.73 Å². The van der Waals surface area contributed by atoms with Crippen LogP contribution in [0.1, 0.15) is 21.2 Å². The Bertz CT molecular complexity index is 1200. The van der Waals surface area contributed by atoms with E-state index in [1.54, 1.807) is 30.5 Å². The number of hydrogen-bond acceptors (Lipinski definition) is 7. The van der Waals surface area contributed by atoms with Crippen molar-refractivity contribution in [2.75, 3.05) is 6.54 Å². The van der Waals surface area contributed by atoms with E-state index >= 15 is 0 Å². The molecule has 0 unspecified atom stereocenters. The molecule has 29 heavy (non-hydrogen) atoms. The third-order valence-electron chi connectivity index (χ3n) is 4.21. The van der Waals surface area contributed by atoms with Gasteiger partial charge in [0.15, 0.2) is 11.5 Å². The number of aromatic amines is 1. The summed E-state index contributed by atoms with van der Waals surface area (Å²) in [6.07, 6.45) is 1.55. The summed E-state index contributed by atoms with van der Waals surface area (Å²) in [6, 6.07) is 8.30. The molecule has 0 saturated heterocycles. The van der Waals surface area contributed by atoms with Crippen molar-refractivity contribution >= 4 is 17.2 Å². The second kappa shape index (κ2) is 7.84. The fourth-order valence-electron chi connectivity index (χ4n) is 2.86. The fraction of sp³-hybridized carbons (Fsp3) is 0.211. The monoisotopic (exact) mass is 410 g/mol. The Kier molecular flexibility index (Phi) is 5.09. The summed E-state index contributed by atoms with van der Waals surface area (Å²) in [5.41, 5.74) is 2.18. The molecule has 0 bridgehead atoms. The van der Waals surface area contributed by atoms with Crippen molar-refractivity contribution in [3.05, 3.63) is 63.3 Å². The Balaban J connectivity index is 1.42. The lowest BCUT2D eigenvalue weighted by molar-refractivity contribution is 0.0946. The number of nitrogens with one attached hydrogen (secondary N) is 2. The van der Waals surface area contributed by atoms with Crippen LogP contribution in [0.25, 0.3) is 22.0 Å². The first-order valence-corrected chi connectivity index (χ1v) is 9.73. The van der Waals surface area contributed by atoms with Crippen LogP contribution in [0.3, 0.4) is 0 Å². The Morgan fingerprint density at radius 3 is 2.90 bits per heavy atom. The van der Waals surface area contributed by atoms with Crippen LogP contribution in [-0.2, 0) is 6.54 Å². The Hall–Kier alpha value is -3.53. The lowest BCUT2D eigenvalue weighted by atomic mass is 10.3. The van der Waals surface area contributed by atoms with Gasteiger partial charge in [-0.25, -0.2) is 9.67 Å². The van der Waals surface area contributed by atoms with Gasteiger partial charge in [0, 0.05) is 18.7 Å². The first kappa shape index (κ1) is 18.8. The van der Waals surface area contributed by atoms with Gasteiger partial charge >= 0.3 is 0 Å². The number of H-pyrrole nitrogens is 1. The summed E-state index contributed by atoms with van der Waals surface area (Å²) in [5, 5.41) is 14.9. The largest absolute Gasteiger partial charge is 0.463 e. The predicted octanol–water partition coefficient (Wildman–Crippen LogP) is 2.40. The normalized spacial score (nSPS) is 11.0. The summed E-state index contributed by atoms with van der Waals surface area (Å²) in [7, 11) is 0. The molecule has 0 aliphatic rings. The lowest BCUT2D eigenvalue weighted by Crippen LogP contribution is -2.32. The van der Waals surface area contributed by atoms with Gasteiger partial charge in [0.1, 0.15) is 11.4 Å². The fourth-order valence-corrected chi connectivity index (χ4v) is 3.75. The van der Waals surface area contributed by atoms with Gasteiger partial charge in [-0.2, -0.15) is 10.2 Å². The van der Waals surface area contributed by atoms with E-state index in [4.69, 9.17) is 4.42 Å². The predicted molar refractivity (Wildman–Crippen MR) is 108 cm³/mol. The van der Waals surface area contributed by atoms with Crippen LogP contribution in [-0.4, -0.2) is 37.4 Å². The molecule has 4 aromatic rings. The maximum atomic E-state index is 12.3. The van der Waals surface area contributed by atoms with Crippen molar-refractivity contribution in [3.8, 4) is 22.0 Å². The van der Waals surface area contributed by atoms with Crippen molar-refractivity contribution < 1.29 is 9.21 Å². The van der Waals surface area contributed by atoms with Crippen molar-refractivity contribution in [2.24, 2.45) is 0 Å². The molecule has 0 aromatic carbocycles. The van der Waals surface area contributed by atoms with Crippen molar-refractivity contribution in [1.29, 1.82) is 0 Å². The topological polar surface area (TPSA) is 119 Å². The van der Waals surface area contributed by atoms with Crippen molar-refractivity contribution in [2.45, 2.75) is 20.4 Å².